The molecule has 1 aliphatic heterocycles. The van der Waals surface area contributed by atoms with Gasteiger partial charge >= 0.3 is 0 Å². The largest absolute Gasteiger partial charge is 0.383 e. The van der Waals surface area contributed by atoms with Crippen molar-refractivity contribution in [3.05, 3.63) is 90.9 Å². The first kappa shape index (κ1) is 31.5. The first-order valence-electron chi connectivity index (χ1n) is 14.9. The van der Waals surface area contributed by atoms with Gasteiger partial charge in [0.2, 0.25) is 12.8 Å². The molecule has 1 fully saturated rings. The third-order valence-corrected chi connectivity index (χ3v) is 8.04. The van der Waals surface area contributed by atoms with Crippen molar-refractivity contribution >= 4 is 22.9 Å². The zero-order valence-electron chi connectivity index (χ0n) is 25.2. The van der Waals surface area contributed by atoms with Crippen LogP contribution in [0.5, 0.6) is 0 Å². The summed E-state index contributed by atoms with van der Waals surface area (Å²) in [5.41, 5.74) is 12.4. The molecular weight excluding hydrogens is 576 g/mol. The highest BCUT2D eigenvalue weighted by Gasteiger charge is 2.21. The van der Waals surface area contributed by atoms with Gasteiger partial charge in [-0.25, -0.2) is 28.4 Å². The van der Waals surface area contributed by atoms with Crippen molar-refractivity contribution in [1.29, 1.82) is 0 Å². The molecule has 3 N–H and O–H groups in total. The molecule has 1 amide bonds. The Morgan fingerprint density at radius 2 is 1.84 bits per heavy atom. The van der Waals surface area contributed by atoms with Crippen molar-refractivity contribution in [2.75, 3.05) is 32.8 Å². The molecule has 45 heavy (non-hydrogen) atoms. The number of nitrogens with two attached hydrogens (primary N) is 1. The van der Waals surface area contributed by atoms with E-state index < -0.39 is 6.93 Å². The maximum Gasteiger partial charge on any atom is 0.245 e. The molecule has 1 saturated heterocycles. The van der Waals surface area contributed by atoms with Crippen LogP contribution in [0.2, 0.25) is 0 Å². The zero-order chi connectivity index (χ0) is 31.8. The number of halogens is 2. The highest BCUT2D eigenvalue weighted by molar-refractivity contribution is 5.87. The van der Waals surface area contributed by atoms with Gasteiger partial charge in [-0.05, 0) is 98.8 Å². The van der Waals surface area contributed by atoms with E-state index >= 15 is 0 Å². The van der Waals surface area contributed by atoms with Crippen molar-refractivity contribution in [3.63, 3.8) is 0 Å². The van der Waals surface area contributed by atoms with E-state index in [-0.39, 0.29) is 5.91 Å². The number of aryl methyl sites for hydroxylation is 2. The van der Waals surface area contributed by atoms with Gasteiger partial charge in [0.1, 0.15) is 11.3 Å². The summed E-state index contributed by atoms with van der Waals surface area (Å²) >= 11 is 0. The number of pyridine rings is 2. The Morgan fingerprint density at radius 3 is 2.53 bits per heavy atom. The second-order valence-electron chi connectivity index (χ2n) is 10.7. The number of fused-ring (bicyclic) bond motifs is 2. The van der Waals surface area contributed by atoms with Gasteiger partial charge in [0, 0.05) is 43.4 Å². The molecule has 0 unspecified atom stereocenters. The number of nitrogen functional groups attached to an aromatic ring is 1. The van der Waals surface area contributed by atoms with Gasteiger partial charge in [0.15, 0.2) is 17.3 Å². The molecule has 0 atom stereocenters. The third kappa shape index (κ3) is 7.07. The number of nitrogens with zero attached hydrogens (tertiary/aromatic N) is 7. The van der Waals surface area contributed by atoms with Crippen LogP contribution in [0.4, 0.5) is 14.6 Å². The summed E-state index contributed by atoms with van der Waals surface area (Å²) in [7, 11) is 1.97. The highest BCUT2D eigenvalue weighted by atomic mass is 19.3. The number of alkyl halides is 2. The molecule has 1 aliphatic carbocycles. The van der Waals surface area contributed by atoms with Crippen molar-refractivity contribution in [3.8, 4) is 22.9 Å². The fraction of sp³-hybridized carbons (Fsp3) is 0.303. The minimum atomic E-state index is -1.75. The summed E-state index contributed by atoms with van der Waals surface area (Å²) in [6, 6.07) is 16.8. The van der Waals surface area contributed by atoms with Crippen LogP contribution in [0, 0.1) is 0 Å². The molecule has 5 heterocycles. The summed E-state index contributed by atoms with van der Waals surface area (Å²) in [6.45, 7) is 3.43. The molecule has 5 aromatic rings. The second-order valence-corrected chi connectivity index (χ2v) is 10.7. The molecule has 7 rings (SSSR count). The minimum absolute atomic E-state index is 0.0598. The number of carbonyl (C=O) groups is 1. The number of aromatic nitrogens is 6. The van der Waals surface area contributed by atoms with Gasteiger partial charge < -0.3 is 16.0 Å². The number of imidazole rings is 1. The molecule has 12 heteroatoms. The van der Waals surface area contributed by atoms with Crippen LogP contribution in [0.15, 0.2) is 79.8 Å². The number of likely N-dealkylation sites (tertiary alicyclic amines) is 1. The van der Waals surface area contributed by atoms with Gasteiger partial charge in [0.25, 0.3) is 0 Å². The fourth-order valence-electron chi connectivity index (χ4n) is 5.73. The molecule has 0 saturated carbocycles. The van der Waals surface area contributed by atoms with Gasteiger partial charge in [-0.15, -0.1) is 0 Å². The number of hydrogen-bond donors (Lipinski definition) is 2. The maximum atomic E-state index is 11.1. The summed E-state index contributed by atoms with van der Waals surface area (Å²) in [6.07, 6.45) is 12.3. The topological polar surface area (TPSA) is 120 Å². The summed E-state index contributed by atoms with van der Waals surface area (Å²) in [5, 5.41) is 7.53. The molecule has 10 nitrogen and oxygen atoms in total. The Labute approximate surface area is 260 Å². The summed E-state index contributed by atoms with van der Waals surface area (Å²) in [5.74, 6) is 1.98. The van der Waals surface area contributed by atoms with E-state index in [1.807, 2.05) is 48.5 Å². The highest BCUT2D eigenvalue weighted by Crippen LogP contribution is 2.32. The van der Waals surface area contributed by atoms with Crippen LogP contribution >= 0.6 is 0 Å². The number of carbonyl (C=O) groups excluding carboxylic acids is 1. The van der Waals surface area contributed by atoms with Gasteiger partial charge in [-0.3, -0.25) is 9.36 Å². The Hall–Kier alpha value is -4.97. The first-order valence-corrected chi connectivity index (χ1v) is 14.9. The van der Waals surface area contributed by atoms with E-state index in [4.69, 9.17) is 15.7 Å². The fourth-order valence-corrected chi connectivity index (χ4v) is 5.73. The molecule has 0 spiro atoms. The van der Waals surface area contributed by atoms with Crippen LogP contribution < -0.4 is 11.1 Å². The van der Waals surface area contributed by atoms with Crippen molar-refractivity contribution < 1.29 is 13.6 Å². The lowest BCUT2D eigenvalue weighted by molar-refractivity contribution is -0.127. The molecule has 2 aliphatic rings. The van der Waals surface area contributed by atoms with Gasteiger partial charge in [-0.1, -0.05) is 12.6 Å². The van der Waals surface area contributed by atoms with E-state index in [0.29, 0.717) is 11.9 Å². The van der Waals surface area contributed by atoms with Gasteiger partial charge in [0.05, 0.1) is 5.56 Å². The Balaban J connectivity index is 0.000000224. The molecular formula is C33H37F2N9O. The minimum Gasteiger partial charge on any atom is -0.383 e. The number of rotatable bonds is 5. The second kappa shape index (κ2) is 14.7. The zero-order valence-corrected chi connectivity index (χ0v) is 25.2. The van der Waals surface area contributed by atoms with E-state index in [1.54, 1.807) is 17.1 Å². The SMILES string of the molecule is C=CC(=O)N1CCC(NC)CC1.FCF.Nc1ncccc1-c1nc2ccc(-n3cccn3)nc2n1-c1ccc2c(c1)CCC2. The maximum absolute atomic E-state index is 11.1. The van der Waals surface area contributed by atoms with Crippen LogP contribution in [-0.4, -0.2) is 73.2 Å². The lowest BCUT2D eigenvalue weighted by Gasteiger charge is -2.30. The number of benzene rings is 1. The van der Waals surface area contributed by atoms with Crippen LogP contribution in [0.1, 0.15) is 30.4 Å². The molecule has 4 aromatic heterocycles. The quantitative estimate of drug-likeness (QED) is 0.268. The van der Waals surface area contributed by atoms with Crippen molar-refractivity contribution in [2.24, 2.45) is 0 Å². The Bertz CT molecular complexity index is 1740. The lowest BCUT2D eigenvalue weighted by atomic mass is 10.1. The number of piperidine rings is 1. The number of anilines is 1. The summed E-state index contributed by atoms with van der Waals surface area (Å²) < 4.78 is 23.1. The van der Waals surface area contributed by atoms with Gasteiger partial charge in [-0.2, -0.15) is 5.10 Å². The van der Waals surface area contributed by atoms with Crippen LogP contribution in [0.25, 0.3) is 34.1 Å². The number of hydrogen-bond acceptors (Lipinski definition) is 7. The Morgan fingerprint density at radius 1 is 1.07 bits per heavy atom. The average Bonchev–Trinajstić information content (AvgIpc) is 3.85. The number of nitrogens with one attached hydrogen (secondary N) is 1. The molecule has 1 aromatic carbocycles. The van der Waals surface area contributed by atoms with Crippen molar-refractivity contribution in [2.45, 2.75) is 38.1 Å². The molecule has 0 radical (unpaired) electrons. The van der Waals surface area contributed by atoms with Crippen LogP contribution in [0.3, 0.4) is 0 Å². The third-order valence-electron chi connectivity index (χ3n) is 8.04. The van der Waals surface area contributed by atoms with E-state index in [2.05, 4.69) is 44.7 Å². The van der Waals surface area contributed by atoms with E-state index in [1.165, 1.54) is 23.6 Å². The predicted octanol–water partition coefficient (Wildman–Crippen LogP) is 5.00. The Kier molecular flexibility index (Phi) is 10.3. The van der Waals surface area contributed by atoms with Crippen LogP contribution in [-0.2, 0) is 17.6 Å². The monoisotopic (exact) mass is 613 g/mol. The van der Waals surface area contributed by atoms with Crippen molar-refractivity contribution in [1.82, 2.24) is 39.5 Å². The smallest absolute Gasteiger partial charge is 0.245 e. The normalized spacial score (nSPS) is 14.2. The lowest BCUT2D eigenvalue weighted by Crippen LogP contribution is -2.43. The van der Waals surface area contributed by atoms with E-state index in [0.717, 1.165) is 72.8 Å². The predicted molar refractivity (Wildman–Crippen MR) is 172 cm³/mol. The number of amides is 1. The standard InChI is InChI=1S/C23H19N7.C9H16N2O.CH2F2/c24-21-18(6-2-11-25-21)22-27-19-9-10-20(29-13-3-12-26-29)28-23(19)30(22)17-8-7-15-4-1-5-16(15)14-17;1-3-9(12)11-6-4-8(10-2)5-7-11;2-1-3/h2-3,6-14H,1,4-5H2,(H2,24,25);3,8,10H,1,4-7H2,2H3;1H2. The summed E-state index contributed by atoms with van der Waals surface area (Å²) in [4.78, 5) is 27.1. The van der Waals surface area contributed by atoms with E-state index in [9.17, 15) is 13.6 Å². The molecule has 0 bridgehead atoms. The average molecular weight is 614 g/mol. The first-order chi connectivity index (χ1) is 22.0. The molecule has 234 valence electrons.